The highest BCUT2D eigenvalue weighted by atomic mass is 16.6. The van der Waals surface area contributed by atoms with E-state index < -0.39 is 6.10 Å². The zero-order valence-corrected chi connectivity index (χ0v) is 11.1. The first-order chi connectivity index (χ1) is 8.71. The summed E-state index contributed by atoms with van der Waals surface area (Å²) in [6.45, 7) is 4.50. The molecule has 0 saturated carbocycles. The molecule has 0 radical (unpaired) electrons. The molecule has 1 aromatic rings. The third kappa shape index (κ3) is 4.37. The Labute approximate surface area is 108 Å². The summed E-state index contributed by atoms with van der Waals surface area (Å²) in [5.41, 5.74) is 1.02. The lowest BCUT2D eigenvalue weighted by Crippen LogP contribution is -2.28. The zero-order valence-electron chi connectivity index (χ0n) is 11.1. The predicted octanol–water partition coefficient (Wildman–Crippen LogP) is 2.21. The van der Waals surface area contributed by atoms with Gasteiger partial charge >= 0.3 is 5.97 Å². The van der Waals surface area contributed by atoms with E-state index in [1.165, 1.54) is 0 Å². The largest absolute Gasteiger partial charge is 0.497 e. The summed E-state index contributed by atoms with van der Waals surface area (Å²) in [6, 6.07) is 7.57. The van der Waals surface area contributed by atoms with Crippen molar-refractivity contribution in [2.75, 3.05) is 20.3 Å². The molecule has 4 heteroatoms. The van der Waals surface area contributed by atoms with E-state index in [1.807, 2.05) is 31.2 Å². The van der Waals surface area contributed by atoms with Gasteiger partial charge in [-0.15, -0.1) is 0 Å². The van der Waals surface area contributed by atoms with Gasteiger partial charge in [0.1, 0.15) is 5.75 Å². The van der Waals surface area contributed by atoms with Crippen LogP contribution < -0.4 is 4.74 Å². The van der Waals surface area contributed by atoms with Crippen LogP contribution in [0, 0.1) is 0 Å². The van der Waals surface area contributed by atoms with Gasteiger partial charge in [-0.1, -0.05) is 12.1 Å². The molecule has 0 heterocycles. The van der Waals surface area contributed by atoms with Gasteiger partial charge in [0, 0.05) is 13.0 Å². The van der Waals surface area contributed by atoms with Gasteiger partial charge in [-0.25, -0.2) is 4.79 Å². The van der Waals surface area contributed by atoms with Crippen molar-refractivity contribution in [2.24, 2.45) is 0 Å². The first-order valence-corrected chi connectivity index (χ1v) is 6.12. The second-order valence-corrected chi connectivity index (χ2v) is 3.75. The molecule has 0 aliphatic carbocycles. The molecule has 100 valence electrons. The van der Waals surface area contributed by atoms with E-state index >= 15 is 0 Å². The van der Waals surface area contributed by atoms with Crippen LogP contribution in [0.2, 0.25) is 0 Å². The maximum Gasteiger partial charge on any atom is 0.335 e. The standard InChI is InChI=1S/C14H20O4/c1-4-17-13(14(15)18-5-2)10-11-6-8-12(16-3)9-7-11/h6-9,13H,4-5,10H2,1-3H3/t13-/m0/s1. The highest BCUT2D eigenvalue weighted by Gasteiger charge is 2.20. The van der Waals surface area contributed by atoms with Gasteiger partial charge in [-0.05, 0) is 31.5 Å². The zero-order chi connectivity index (χ0) is 13.4. The topological polar surface area (TPSA) is 44.8 Å². The maximum absolute atomic E-state index is 11.7. The Bertz CT molecular complexity index is 359. The fourth-order valence-corrected chi connectivity index (χ4v) is 1.62. The van der Waals surface area contributed by atoms with E-state index in [0.717, 1.165) is 11.3 Å². The lowest BCUT2D eigenvalue weighted by atomic mass is 10.1. The molecule has 0 spiro atoms. The van der Waals surface area contributed by atoms with Crippen LogP contribution in [0.3, 0.4) is 0 Å². The van der Waals surface area contributed by atoms with Gasteiger partial charge in [-0.3, -0.25) is 0 Å². The van der Waals surface area contributed by atoms with Gasteiger partial charge in [0.25, 0.3) is 0 Å². The number of rotatable bonds is 7. The van der Waals surface area contributed by atoms with Crippen LogP contribution in [-0.4, -0.2) is 32.4 Å². The monoisotopic (exact) mass is 252 g/mol. The summed E-state index contributed by atoms with van der Waals surface area (Å²) < 4.78 is 15.5. The Morgan fingerprint density at radius 2 is 1.83 bits per heavy atom. The first-order valence-electron chi connectivity index (χ1n) is 6.12. The molecule has 0 unspecified atom stereocenters. The summed E-state index contributed by atoms with van der Waals surface area (Å²) >= 11 is 0. The third-order valence-corrected chi connectivity index (χ3v) is 2.50. The third-order valence-electron chi connectivity index (χ3n) is 2.50. The first kappa shape index (κ1) is 14.5. The molecule has 0 aliphatic rings. The molecule has 0 aliphatic heterocycles. The van der Waals surface area contributed by atoms with Crippen LogP contribution in [0.15, 0.2) is 24.3 Å². The number of esters is 1. The molecule has 4 nitrogen and oxygen atoms in total. The summed E-state index contributed by atoms with van der Waals surface area (Å²) in [7, 11) is 1.62. The molecule has 0 aromatic heterocycles. The van der Waals surface area contributed by atoms with Crippen LogP contribution in [0.1, 0.15) is 19.4 Å². The highest BCUT2D eigenvalue weighted by Crippen LogP contribution is 2.14. The fraction of sp³-hybridized carbons (Fsp3) is 0.500. The molecule has 1 rings (SSSR count). The van der Waals surface area contributed by atoms with Gasteiger partial charge in [0.05, 0.1) is 13.7 Å². The van der Waals surface area contributed by atoms with Gasteiger partial charge < -0.3 is 14.2 Å². The van der Waals surface area contributed by atoms with E-state index in [9.17, 15) is 4.79 Å². The van der Waals surface area contributed by atoms with E-state index in [1.54, 1.807) is 14.0 Å². The van der Waals surface area contributed by atoms with Crippen molar-refractivity contribution in [2.45, 2.75) is 26.4 Å². The fourth-order valence-electron chi connectivity index (χ4n) is 1.62. The van der Waals surface area contributed by atoms with Crippen LogP contribution in [0.4, 0.5) is 0 Å². The number of benzene rings is 1. The van der Waals surface area contributed by atoms with Crippen molar-refractivity contribution >= 4 is 5.97 Å². The molecular formula is C14H20O4. The average Bonchev–Trinajstić information content (AvgIpc) is 2.39. The van der Waals surface area contributed by atoms with Gasteiger partial charge in [-0.2, -0.15) is 0 Å². The SMILES string of the molecule is CCOC(=O)[C@H](Cc1ccc(OC)cc1)OCC. The lowest BCUT2D eigenvalue weighted by molar-refractivity contribution is -0.156. The summed E-state index contributed by atoms with van der Waals surface area (Å²) in [6.07, 6.45) is -0.0280. The lowest BCUT2D eigenvalue weighted by Gasteiger charge is -2.15. The second kappa shape index (κ2) is 7.71. The second-order valence-electron chi connectivity index (χ2n) is 3.75. The number of hydrogen-bond donors (Lipinski definition) is 0. The molecular weight excluding hydrogens is 232 g/mol. The number of methoxy groups -OCH3 is 1. The number of carbonyl (C=O) groups excluding carboxylic acids is 1. The Kier molecular flexibility index (Phi) is 6.22. The number of hydrogen-bond acceptors (Lipinski definition) is 4. The van der Waals surface area contributed by atoms with Crippen molar-refractivity contribution in [3.05, 3.63) is 29.8 Å². The summed E-state index contributed by atoms with van der Waals surface area (Å²) in [5.74, 6) is 0.484. The van der Waals surface area contributed by atoms with Crippen LogP contribution in [0.5, 0.6) is 5.75 Å². The van der Waals surface area contributed by atoms with Crippen molar-refractivity contribution in [3.63, 3.8) is 0 Å². The molecule has 0 N–H and O–H groups in total. The Hall–Kier alpha value is -1.55. The van der Waals surface area contributed by atoms with Crippen molar-refractivity contribution in [1.29, 1.82) is 0 Å². The van der Waals surface area contributed by atoms with Gasteiger partial charge in [0.2, 0.25) is 0 Å². The normalized spacial score (nSPS) is 11.9. The van der Waals surface area contributed by atoms with Crippen molar-refractivity contribution in [3.8, 4) is 5.75 Å². The summed E-state index contributed by atoms with van der Waals surface area (Å²) in [5, 5.41) is 0. The average molecular weight is 252 g/mol. The van der Waals surface area contributed by atoms with E-state index in [0.29, 0.717) is 19.6 Å². The van der Waals surface area contributed by atoms with E-state index in [2.05, 4.69) is 0 Å². The Morgan fingerprint density at radius 3 is 2.33 bits per heavy atom. The molecule has 0 saturated heterocycles. The highest BCUT2D eigenvalue weighted by molar-refractivity contribution is 5.75. The molecule has 0 bridgehead atoms. The Balaban J connectivity index is 2.66. The summed E-state index contributed by atoms with van der Waals surface area (Å²) in [4.78, 5) is 11.7. The Morgan fingerprint density at radius 1 is 1.17 bits per heavy atom. The minimum absolute atomic E-state index is 0.310. The predicted molar refractivity (Wildman–Crippen MR) is 68.7 cm³/mol. The molecule has 1 atom stereocenters. The smallest absolute Gasteiger partial charge is 0.335 e. The molecule has 0 amide bonds. The molecule has 0 fully saturated rings. The van der Waals surface area contributed by atoms with Crippen LogP contribution in [0.25, 0.3) is 0 Å². The number of ether oxygens (including phenoxy) is 3. The molecule has 18 heavy (non-hydrogen) atoms. The molecule has 1 aromatic carbocycles. The van der Waals surface area contributed by atoms with Crippen molar-refractivity contribution < 1.29 is 19.0 Å². The minimum atomic E-state index is -0.539. The van der Waals surface area contributed by atoms with E-state index in [4.69, 9.17) is 14.2 Å². The minimum Gasteiger partial charge on any atom is -0.497 e. The number of carbonyl (C=O) groups is 1. The van der Waals surface area contributed by atoms with Gasteiger partial charge in [0.15, 0.2) is 6.10 Å². The van der Waals surface area contributed by atoms with E-state index in [-0.39, 0.29) is 5.97 Å². The van der Waals surface area contributed by atoms with Crippen molar-refractivity contribution in [1.82, 2.24) is 0 Å². The van der Waals surface area contributed by atoms with Crippen LogP contribution >= 0.6 is 0 Å². The van der Waals surface area contributed by atoms with Crippen LogP contribution in [-0.2, 0) is 20.7 Å². The maximum atomic E-state index is 11.7. The quantitative estimate of drug-likeness (QED) is 0.698.